The summed E-state index contributed by atoms with van der Waals surface area (Å²) in [6.07, 6.45) is 0. The summed E-state index contributed by atoms with van der Waals surface area (Å²) in [7, 11) is 0. The first-order chi connectivity index (χ1) is 10.2. The van der Waals surface area contributed by atoms with E-state index in [-0.39, 0.29) is 5.91 Å². The minimum atomic E-state index is 0.0335. The summed E-state index contributed by atoms with van der Waals surface area (Å²) in [4.78, 5) is 14.5. The Morgan fingerprint density at radius 2 is 1.81 bits per heavy atom. The van der Waals surface area contributed by atoms with Crippen LogP contribution in [0.2, 0.25) is 0 Å². The van der Waals surface area contributed by atoms with Crippen LogP contribution in [0.25, 0.3) is 0 Å². The monoisotopic (exact) mass is 282 g/mol. The van der Waals surface area contributed by atoms with Crippen molar-refractivity contribution in [1.29, 1.82) is 0 Å². The molecule has 0 saturated carbocycles. The van der Waals surface area contributed by atoms with Crippen LogP contribution in [0.5, 0.6) is 0 Å². The molecule has 3 heteroatoms. The van der Waals surface area contributed by atoms with Crippen molar-refractivity contribution < 1.29 is 4.79 Å². The molecule has 0 saturated heterocycles. The molecule has 0 radical (unpaired) electrons. The number of hydrogen-bond acceptors (Lipinski definition) is 2. The van der Waals surface area contributed by atoms with Gasteiger partial charge in [-0.15, -0.1) is 0 Å². The Morgan fingerprint density at radius 1 is 1.10 bits per heavy atom. The molecule has 0 aliphatic heterocycles. The van der Waals surface area contributed by atoms with Crippen LogP contribution in [0, 0.1) is 6.92 Å². The molecule has 3 nitrogen and oxygen atoms in total. The molecule has 0 aliphatic rings. The highest BCUT2D eigenvalue weighted by Crippen LogP contribution is 2.19. The van der Waals surface area contributed by atoms with Gasteiger partial charge in [0, 0.05) is 30.0 Å². The molecule has 0 spiro atoms. The molecule has 0 heterocycles. The Bertz CT molecular complexity index is 605. The summed E-state index contributed by atoms with van der Waals surface area (Å²) in [5, 5.41) is 3.23. The van der Waals surface area contributed by atoms with Gasteiger partial charge in [0.25, 0.3) is 5.91 Å². The quantitative estimate of drug-likeness (QED) is 0.895. The fourth-order valence-corrected chi connectivity index (χ4v) is 2.33. The third-order valence-corrected chi connectivity index (χ3v) is 3.39. The first-order valence-corrected chi connectivity index (χ1v) is 7.38. The molecule has 0 atom stereocenters. The van der Waals surface area contributed by atoms with Crippen LogP contribution in [0.15, 0.2) is 48.5 Å². The van der Waals surface area contributed by atoms with E-state index in [0.717, 1.165) is 23.5 Å². The van der Waals surface area contributed by atoms with Crippen LogP contribution in [0.4, 0.5) is 11.4 Å². The smallest absolute Gasteiger partial charge is 0.258 e. The van der Waals surface area contributed by atoms with Gasteiger partial charge in [-0.05, 0) is 62.7 Å². The Labute approximate surface area is 126 Å². The lowest BCUT2D eigenvalue weighted by molar-refractivity contribution is 0.0988. The maximum Gasteiger partial charge on any atom is 0.258 e. The summed E-state index contributed by atoms with van der Waals surface area (Å²) in [6.45, 7) is 7.60. The summed E-state index contributed by atoms with van der Waals surface area (Å²) in [6, 6.07) is 15.7. The zero-order valence-electron chi connectivity index (χ0n) is 12.9. The van der Waals surface area contributed by atoms with Gasteiger partial charge in [-0.2, -0.15) is 0 Å². The Morgan fingerprint density at radius 3 is 2.38 bits per heavy atom. The van der Waals surface area contributed by atoms with Crippen LogP contribution in [0.3, 0.4) is 0 Å². The van der Waals surface area contributed by atoms with Gasteiger partial charge in [0.15, 0.2) is 0 Å². The number of nitrogens with one attached hydrogen (secondary N) is 1. The van der Waals surface area contributed by atoms with Crippen LogP contribution >= 0.6 is 0 Å². The lowest BCUT2D eigenvalue weighted by Crippen LogP contribution is -2.30. The van der Waals surface area contributed by atoms with Crippen molar-refractivity contribution in [3.05, 3.63) is 59.7 Å². The van der Waals surface area contributed by atoms with E-state index in [1.807, 2.05) is 62.4 Å². The predicted octanol–water partition coefficient (Wildman–Crippen LogP) is 4.09. The molecule has 110 valence electrons. The highest BCUT2D eigenvalue weighted by Gasteiger charge is 2.15. The van der Waals surface area contributed by atoms with Crippen molar-refractivity contribution in [2.75, 3.05) is 23.3 Å². The molecular formula is C18H22N2O. The second-order valence-corrected chi connectivity index (χ2v) is 5.00. The summed E-state index contributed by atoms with van der Waals surface area (Å²) in [5.41, 5.74) is 3.84. The SMILES string of the molecule is CCNc1ccc(C(=O)N(CC)c2cccc(C)c2)cc1. The number of hydrogen-bond donors (Lipinski definition) is 1. The number of carbonyl (C=O) groups is 1. The van der Waals surface area contributed by atoms with E-state index >= 15 is 0 Å². The van der Waals surface area contributed by atoms with Crippen molar-refractivity contribution in [1.82, 2.24) is 0 Å². The average molecular weight is 282 g/mol. The summed E-state index contributed by atoms with van der Waals surface area (Å²) < 4.78 is 0. The normalized spacial score (nSPS) is 10.2. The van der Waals surface area contributed by atoms with Crippen molar-refractivity contribution in [2.45, 2.75) is 20.8 Å². The largest absolute Gasteiger partial charge is 0.385 e. The van der Waals surface area contributed by atoms with E-state index in [1.165, 1.54) is 0 Å². The zero-order valence-corrected chi connectivity index (χ0v) is 12.9. The molecular weight excluding hydrogens is 260 g/mol. The van der Waals surface area contributed by atoms with E-state index < -0.39 is 0 Å². The molecule has 0 bridgehead atoms. The van der Waals surface area contributed by atoms with E-state index in [4.69, 9.17) is 0 Å². The number of nitrogens with zero attached hydrogens (tertiary/aromatic N) is 1. The maximum absolute atomic E-state index is 12.7. The number of aryl methyl sites for hydroxylation is 1. The zero-order chi connectivity index (χ0) is 15.2. The Hall–Kier alpha value is -2.29. The molecule has 2 aromatic rings. The number of rotatable bonds is 5. The number of amides is 1. The lowest BCUT2D eigenvalue weighted by Gasteiger charge is -2.21. The Kier molecular flexibility index (Phi) is 4.99. The molecule has 2 rings (SSSR count). The van der Waals surface area contributed by atoms with Gasteiger partial charge in [0.1, 0.15) is 0 Å². The van der Waals surface area contributed by atoms with E-state index in [1.54, 1.807) is 4.90 Å². The van der Waals surface area contributed by atoms with Gasteiger partial charge in [-0.25, -0.2) is 0 Å². The van der Waals surface area contributed by atoms with Crippen molar-refractivity contribution in [2.24, 2.45) is 0 Å². The number of anilines is 2. The van der Waals surface area contributed by atoms with Crippen molar-refractivity contribution in [3.8, 4) is 0 Å². The standard InChI is InChI=1S/C18H22N2O/c1-4-19-16-11-9-15(10-12-16)18(21)20(5-2)17-8-6-7-14(3)13-17/h6-13,19H,4-5H2,1-3H3. The average Bonchev–Trinajstić information content (AvgIpc) is 2.49. The minimum absolute atomic E-state index is 0.0335. The van der Waals surface area contributed by atoms with Gasteiger partial charge in [0.2, 0.25) is 0 Å². The molecule has 21 heavy (non-hydrogen) atoms. The Balaban J connectivity index is 2.23. The highest BCUT2D eigenvalue weighted by molar-refractivity contribution is 6.06. The third-order valence-electron chi connectivity index (χ3n) is 3.39. The van der Waals surface area contributed by atoms with E-state index in [2.05, 4.69) is 12.2 Å². The first-order valence-electron chi connectivity index (χ1n) is 7.38. The van der Waals surface area contributed by atoms with Gasteiger partial charge in [0.05, 0.1) is 0 Å². The molecule has 1 N–H and O–H groups in total. The third kappa shape index (κ3) is 3.63. The van der Waals surface area contributed by atoms with Crippen LogP contribution in [-0.4, -0.2) is 19.0 Å². The number of benzene rings is 2. The summed E-state index contributed by atoms with van der Waals surface area (Å²) in [5.74, 6) is 0.0335. The second-order valence-electron chi connectivity index (χ2n) is 5.00. The summed E-state index contributed by atoms with van der Waals surface area (Å²) >= 11 is 0. The van der Waals surface area contributed by atoms with Crippen molar-refractivity contribution in [3.63, 3.8) is 0 Å². The van der Waals surface area contributed by atoms with Gasteiger partial charge in [-0.1, -0.05) is 12.1 Å². The van der Waals surface area contributed by atoms with Gasteiger partial charge >= 0.3 is 0 Å². The fraction of sp³-hybridized carbons (Fsp3) is 0.278. The number of carbonyl (C=O) groups excluding carboxylic acids is 1. The molecule has 0 aromatic heterocycles. The predicted molar refractivity (Wildman–Crippen MR) is 89.1 cm³/mol. The van der Waals surface area contributed by atoms with Crippen molar-refractivity contribution >= 4 is 17.3 Å². The van der Waals surface area contributed by atoms with Crippen LogP contribution in [0.1, 0.15) is 29.8 Å². The molecule has 1 amide bonds. The van der Waals surface area contributed by atoms with E-state index in [9.17, 15) is 4.79 Å². The topological polar surface area (TPSA) is 32.3 Å². The van der Waals surface area contributed by atoms with Gasteiger partial charge in [-0.3, -0.25) is 4.79 Å². The van der Waals surface area contributed by atoms with Crippen LogP contribution in [-0.2, 0) is 0 Å². The van der Waals surface area contributed by atoms with Gasteiger partial charge < -0.3 is 10.2 Å². The second kappa shape index (κ2) is 6.93. The van der Waals surface area contributed by atoms with E-state index in [0.29, 0.717) is 12.1 Å². The first kappa shape index (κ1) is 15.1. The molecule has 0 aliphatic carbocycles. The maximum atomic E-state index is 12.7. The molecule has 0 fully saturated rings. The highest BCUT2D eigenvalue weighted by atomic mass is 16.2. The molecule has 2 aromatic carbocycles. The fourth-order valence-electron chi connectivity index (χ4n) is 2.33. The van der Waals surface area contributed by atoms with Crippen LogP contribution < -0.4 is 10.2 Å². The minimum Gasteiger partial charge on any atom is -0.385 e. The molecule has 0 unspecified atom stereocenters. The lowest BCUT2D eigenvalue weighted by atomic mass is 10.1.